The van der Waals surface area contributed by atoms with E-state index >= 15 is 0 Å². The number of aryl methyl sites for hydroxylation is 3. The topological polar surface area (TPSA) is 49.3 Å². The Morgan fingerprint density at radius 3 is 2.24 bits per heavy atom. The number of aromatic carboxylic acids is 1. The molecular formula is C17H18FNO2. The first-order chi connectivity index (χ1) is 9.88. The van der Waals surface area contributed by atoms with Gasteiger partial charge in [-0.05, 0) is 61.2 Å². The monoisotopic (exact) mass is 287 g/mol. The van der Waals surface area contributed by atoms with Gasteiger partial charge in [0.2, 0.25) is 0 Å². The molecule has 0 amide bonds. The highest BCUT2D eigenvalue weighted by Crippen LogP contribution is 2.18. The predicted molar refractivity (Wildman–Crippen MR) is 81.3 cm³/mol. The van der Waals surface area contributed by atoms with Crippen molar-refractivity contribution in [1.29, 1.82) is 0 Å². The van der Waals surface area contributed by atoms with Gasteiger partial charge in [-0.25, -0.2) is 9.18 Å². The maximum absolute atomic E-state index is 13.6. The van der Waals surface area contributed by atoms with Crippen molar-refractivity contribution in [2.45, 2.75) is 27.3 Å². The van der Waals surface area contributed by atoms with Crippen LogP contribution in [0.15, 0.2) is 30.3 Å². The van der Waals surface area contributed by atoms with Crippen LogP contribution in [-0.4, -0.2) is 11.1 Å². The SMILES string of the molecule is Cc1cc(NCc2cc(C)c(F)c(C)c2)ccc1C(=O)O. The van der Waals surface area contributed by atoms with Crippen molar-refractivity contribution in [2.75, 3.05) is 5.32 Å². The number of nitrogens with one attached hydrogen (secondary N) is 1. The molecule has 110 valence electrons. The van der Waals surface area contributed by atoms with Crippen molar-refractivity contribution in [1.82, 2.24) is 0 Å². The summed E-state index contributed by atoms with van der Waals surface area (Å²) in [6, 6.07) is 8.75. The van der Waals surface area contributed by atoms with Crippen LogP contribution in [0.1, 0.15) is 32.6 Å². The summed E-state index contributed by atoms with van der Waals surface area (Å²) in [4.78, 5) is 11.0. The second kappa shape index (κ2) is 5.95. The molecule has 0 saturated carbocycles. The van der Waals surface area contributed by atoms with Crippen molar-refractivity contribution < 1.29 is 14.3 Å². The van der Waals surface area contributed by atoms with Crippen molar-refractivity contribution in [3.05, 3.63) is 64.0 Å². The first-order valence-corrected chi connectivity index (χ1v) is 6.72. The van der Waals surface area contributed by atoms with Crippen LogP contribution in [0.25, 0.3) is 0 Å². The molecule has 4 heteroatoms. The third-order valence-electron chi connectivity index (χ3n) is 3.45. The number of hydrogen-bond acceptors (Lipinski definition) is 2. The second-order valence-corrected chi connectivity index (χ2v) is 5.23. The summed E-state index contributed by atoms with van der Waals surface area (Å²) in [5.74, 6) is -1.09. The first-order valence-electron chi connectivity index (χ1n) is 6.72. The summed E-state index contributed by atoms with van der Waals surface area (Å²) in [5.41, 5.74) is 4.10. The number of hydrogen-bond donors (Lipinski definition) is 2. The molecule has 0 unspecified atom stereocenters. The average molecular weight is 287 g/mol. The Morgan fingerprint density at radius 2 is 1.71 bits per heavy atom. The number of carbonyl (C=O) groups is 1. The zero-order chi connectivity index (χ0) is 15.6. The molecule has 2 aromatic rings. The number of benzene rings is 2. The van der Waals surface area contributed by atoms with Crippen LogP contribution >= 0.6 is 0 Å². The first kappa shape index (κ1) is 15.0. The molecule has 2 aromatic carbocycles. The van der Waals surface area contributed by atoms with E-state index in [0.717, 1.165) is 11.3 Å². The molecule has 2 rings (SSSR count). The van der Waals surface area contributed by atoms with Gasteiger partial charge in [-0.2, -0.15) is 0 Å². The van der Waals surface area contributed by atoms with Crippen LogP contribution < -0.4 is 5.32 Å². The largest absolute Gasteiger partial charge is 0.478 e. The van der Waals surface area contributed by atoms with Crippen molar-refractivity contribution in [3.8, 4) is 0 Å². The molecule has 0 fully saturated rings. The maximum atomic E-state index is 13.6. The highest BCUT2D eigenvalue weighted by Gasteiger charge is 2.08. The summed E-state index contributed by atoms with van der Waals surface area (Å²) in [6.07, 6.45) is 0. The molecule has 0 saturated heterocycles. The zero-order valence-corrected chi connectivity index (χ0v) is 12.3. The minimum Gasteiger partial charge on any atom is -0.478 e. The third kappa shape index (κ3) is 3.40. The Hall–Kier alpha value is -2.36. The van der Waals surface area contributed by atoms with E-state index in [2.05, 4.69) is 5.32 Å². The van der Waals surface area contributed by atoms with E-state index in [-0.39, 0.29) is 5.82 Å². The fraction of sp³-hybridized carbons (Fsp3) is 0.235. The van der Waals surface area contributed by atoms with Crippen molar-refractivity contribution in [3.63, 3.8) is 0 Å². The van der Waals surface area contributed by atoms with Gasteiger partial charge in [0.05, 0.1) is 5.56 Å². The van der Waals surface area contributed by atoms with Gasteiger partial charge in [0.15, 0.2) is 0 Å². The molecule has 0 aliphatic carbocycles. The standard InChI is InChI=1S/C17H18FNO2/c1-10-8-14(4-5-15(10)17(20)21)19-9-13-6-11(2)16(18)12(3)7-13/h4-8,19H,9H2,1-3H3,(H,20,21). The number of carboxylic acids is 1. The predicted octanol–water partition coefficient (Wildman–Crippen LogP) is 4.06. The van der Waals surface area contributed by atoms with E-state index in [1.807, 2.05) is 12.1 Å². The molecule has 0 bridgehead atoms. The molecular weight excluding hydrogens is 269 g/mol. The molecule has 2 N–H and O–H groups in total. The Bertz CT molecular complexity index is 672. The molecule has 0 heterocycles. The molecule has 0 aliphatic rings. The van der Waals surface area contributed by atoms with Crippen LogP contribution in [0.2, 0.25) is 0 Å². The summed E-state index contributed by atoms with van der Waals surface area (Å²) < 4.78 is 13.6. The zero-order valence-electron chi connectivity index (χ0n) is 12.3. The summed E-state index contributed by atoms with van der Waals surface area (Å²) >= 11 is 0. The van der Waals surface area contributed by atoms with E-state index in [0.29, 0.717) is 28.8 Å². The van der Waals surface area contributed by atoms with Crippen LogP contribution in [0.5, 0.6) is 0 Å². The van der Waals surface area contributed by atoms with Crippen LogP contribution in [0.3, 0.4) is 0 Å². The van der Waals surface area contributed by atoms with E-state index < -0.39 is 5.97 Å². The lowest BCUT2D eigenvalue weighted by molar-refractivity contribution is 0.0696. The minimum absolute atomic E-state index is 0.166. The van der Waals surface area contributed by atoms with E-state index in [9.17, 15) is 9.18 Å². The molecule has 0 atom stereocenters. The average Bonchev–Trinajstić information content (AvgIpc) is 2.42. The number of carboxylic acid groups (broad SMARTS) is 1. The molecule has 0 radical (unpaired) electrons. The molecule has 21 heavy (non-hydrogen) atoms. The Labute approximate surface area is 123 Å². The maximum Gasteiger partial charge on any atom is 0.335 e. The fourth-order valence-corrected chi connectivity index (χ4v) is 2.36. The van der Waals surface area contributed by atoms with Crippen LogP contribution in [-0.2, 0) is 6.54 Å². The quantitative estimate of drug-likeness (QED) is 0.891. The highest BCUT2D eigenvalue weighted by molar-refractivity contribution is 5.89. The van der Waals surface area contributed by atoms with E-state index in [1.165, 1.54) is 0 Å². The fourth-order valence-electron chi connectivity index (χ4n) is 2.36. The lowest BCUT2D eigenvalue weighted by atomic mass is 10.1. The lowest BCUT2D eigenvalue weighted by Gasteiger charge is -2.11. The number of anilines is 1. The number of rotatable bonds is 4. The van der Waals surface area contributed by atoms with Gasteiger partial charge in [0.25, 0.3) is 0 Å². The van der Waals surface area contributed by atoms with Crippen molar-refractivity contribution in [2.24, 2.45) is 0 Å². The lowest BCUT2D eigenvalue weighted by Crippen LogP contribution is -2.04. The van der Waals surface area contributed by atoms with Crippen LogP contribution in [0.4, 0.5) is 10.1 Å². The van der Waals surface area contributed by atoms with Gasteiger partial charge in [0, 0.05) is 12.2 Å². The summed E-state index contributed by atoms with van der Waals surface area (Å²) in [6.45, 7) is 5.82. The molecule has 0 aliphatic heterocycles. The van der Waals surface area contributed by atoms with Crippen molar-refractivity contribution >= 4 is 11.7 Å². The van der Waals surface area contributed by atoms with Gasteiger partial charge < -0.3 is 10.4 Å². The van der Waals surface area contributed by atoms with Crippen LogP contribution in [0, 0.1) is 26.6 Å². The molecule has 3 nitrogen and oxygen atoms in total. The summed E-state index contributed by atoms with van der Waals surface area (Å²) in [7, 11) is 0. The van der Waals surface area contributed by atoms with Gasteiger partial charge in [-0.3, -0.25) is 0 Å². The van der Waals surface area contributed by atoms with Gasteiger partial charge in [-0.15, -0.1) is 0 Å². The van der Waals surface area contributed by atoms with Gasteiger partial charge in [0.1, 0.15) is 5.82 Å². The Kier molecular flexibility index (Phi) is 4.26. The minimum atomic E-state index is -0.927. The smallest absolute Gasteiger partial charge is 0.335 e. The van der Waals surface area contributed by atoms with E-state index in [4.69, 9.17) is 5.11 Å². The van der Waals surface area contributed by atoms with E-state index in [1.54, 1.807) is 39.0 Å². The normalized spacial score (nSPS) is 10.5. The summed E-state index contributed by atoms with van der Waals surface area (Å²) in [5, 5.41) is 12.2. The van der Waals surface area contributed by atoms with Gasteiger partial charge >= 0.3 is 5.97 Å². The van der Waals surface area contributed by atoms with Gasteiger partial charge in [-0.1, -0.05) is 12.1 Å². The molecule has 0 aromatic heterocycles. The second-order valence-electron chi connectivity index (χ2n) is 5.23. The Balaban J connectivity index is 2.13. The highest BCUT2D eigenvalue weighted by atomic mass is 19.1. The third-order valence-corrected chi connectivity index (χ3v) is 3.45. The molecule has 0 spiro atoms. The number of halogens is 1. The Morgan fingerprint density at radius 1 is 1.10 bits per heavy atom.